The van der Waals surface area contributed by atoms with Gasteiger partial charge in [0.15, 0.2) is 5.65 Å². The summed E-state index contributed by atoms with van der Waals surface area (Å²) in [5, 5.41) is 9.73. The molecule has 0 bridgehead atoms. The minimum absolute atomic E-state index is 0.603. The Morgan fingerprint density at radius 2 is 1.78 bits per heavy atom. The van der Waals surface area contributed by atoms with E-state index < -0.39 is 0 Å². The third-order valence-corrected chi connectivity index (χ3v) is 6.88. The first-order valence-corrected chi connectivity index (χ1v) is 12.5. The molecule has 0 aromatic carbocycles. The monoisotopic (exact) mass is 497 g/mol. The SMILES string of the molecule is CN(C)CCOc1cncc(-c2cnc3[nH]nc(-c4cc5c(N6CCN(C)CC6)ccnc5[nH]4)c3c2)c1. The molecular weight excluding hydrogens is 466 g/mol. The largest absolute Gasteiger partial charge is 0.491 e. The number of pyridine rings is 3. The molecule has 190 valence electrons. The molecule has 5 aromatic heterocycles. The zero-order valence-corrected chi connectivity index (χ0v) is 21.4. The van der Waals surface area contributed by atoms with Gasteiger partial charge >= 0.3 is 0 Å². The summed E-state index contributed by atoms with van der Waals surface area (Å²) in [5.74, 6) is 0.741. The van der Waals surface area contributed by atoms with Gasteiger partial charge in [-0.25, -0.2) is 9.97 Å². The zero-order chi connectivity index (χ0) is 25.4. The maximum atomic E-state index is 5.88. The van der Waals surface area contributed by atoms with Crippen LogP contribution in [0.1, 0.15) is 0 Å². The van der Waals surface area contributed by atoms with Gasteiger partial charge in [0.2, 0.25) is 0 Å². The molecule has 0 spiro atoms. The van der Waals surface area contributed by atoms with Gasteiger partial charge in [-0.1, -0.05) is 0 Å². The number of hydrogen-bond donors (Lipinski definition) is 2. The van der Waals surface area contributed by atoms with Crippen molar-refractivity contribution in [1.82, 2.24) is 39.9 Å². The quantitative estimate of drug-likeness (QED) is 0.353. The van der Waals surface area contributed by atoms with Crippen molar-refractivity contribution in [2.24, 2.45) is 0 Å². The van der Waals surface area contributed by atoms with Crippen molar-refractivity contribution >= 4 is 27.8 Å². The van der Waals surface area contributed by atoms with Crippen LogP contribution in [0.3, 0.4) is 0 Å². The number of hydrogen-bond acceptors (Lipinski definition) is 8. The molecule has 0 atom stereocenters. The van der Waals surface area contributed by atoms with E-state index in [4.69, 9.17) is 4.74 Å². The molecular formula is C27H31N9O. The van der Waals surface area contributed by atoms with Crippen molar-refractivity contribution in [3.8, 4) is 28.3 Å². The van der Waals surface area contributed by atoms with Gasteiger partial charge in [-0.05, 0) is 45.4 Å². The molecule has 37 heavy (non-hydrogen) atoms. The van der Waals surface area contributed by atoms with E-state index in [0.29, 0.717) is 6.61 Å². The highest BCUT2D eigenvalue weighted by molar-refractivity contribution is 5.98. The summed E-state index contributed by atoms with van der Waals surface area (Å²) >= 11 is 0. The standard InChI is InChI=1S/C27H31N9O/c1-34(2)10-11-37-20-12-18(15-28-17-20)19-13-22-25(32-33-27(22)30-16-19)23-14-21-24(4-5-29-26(21)31-23)36-8-6-35(3)7-9-36/h4-5,12-17H,6-11H2,1-3H3,(H,29,31)(H,30,32,33). The number of anilines is 1. The number of piperazine rings is 1. The second kappa shape index (κ2) is 9.79. The van der Waals surface area contributed by atoms with E-state index in [-0.39, 0.29) is 0 Å². The number of likely N-dealkylation sites (N-methyl/N-ethyl adjacent to an activating group) is 2. The summed E-state index contributed by atoms with van der Waals surface area (Å²) in [6.07, 6.45) is 7.28. The summed E-state index contributed by atoms with van der Waals surface area (Å²) in [6, 6.07) is 8.36. The lowest BCUT2D eigenvalue weighted by Gasteiger charge is -2.34. The molecule has 0 amide bonds. The van der Waals surface area contributed by atoms with E-state index in [1.807, 2.05) is 38.8 Å². The molecule has 0 unspecified atom stereocenters. The summed E-state index contributed by atoms with van der Waals surface area (Å²) in [7, 11) is 6.22. The summed E-state index contributed by atoms with van der Waals surface area (Å²) < 4.78 is 5.88. The van der Waals surface area contributed by atoms with E-state index in [0.717, 1.165) is 83.1 Å². The fourth-order valence-corrected chi connectivity index (χ4v) is 4.73. The molecule has 0 radical (unpaired) electrons. The highest BCUT2D eigenvalue weighted by Crippen LogP contribution is 2.34. The van der Waals surface area contributed by atoms with E-state index in [1.165, 1.54) is 5.69 Å². The second-order valence-corrected chi connectivity index (χ2v) is 9.82. The molecule has 1 aliphatic heterocycles. The van der Waals surface area contributed by atoms with Gasteiger partial charge in [-0.15, -0.1) is 0 Å². The molecule has 10 nitrogen and oxygen atoms in total. The number of fused-ring (bicyclic) bond motifs is 2. The Kier molecular flexibility index (Phi) is 6.19. The maximum Gasteiger partial charge on any atom is 0.155 e. The number of ether oxygens (including phenoxy) is 1. The topological polar surface area (TPSA) is 102 Å². The average molecular weight is 498 g/mol. The van der Waals surface area contributed by atoms with Gasteiger partial charge in [0.1, 0.15) is 23.7 Å². The van der Waals surface area contributed by atoms with Crippen LogP contribution in [0.4, 0.5) is 5.69 Å². The minimum atomic E-state index is 0.603. The first-order valence-electron chi connectivity index (χ1n) is 12.5. The van der Waals surface area contributed by atoms with Crippen molar-refractivity contribution in [2.45, 2.75) is 0 Å². The number of nitrogens with one attached hydrogen (secondary N) is 2. The van der Waals surface area contributed by atoms with Crippen LogP contribution < -0.4 is 9.64 Å². The Labute approximate surface area is 215 Å². The lowest BCUT2D eigenvalue weighted by atomic mass is 10.1. The van der Waals surface area contributed by atoms with Crippen LogP contribution in [0, 0.1) is 0 Å². The summed E-state index contributed by atoms with van der Waals surface area (Å²) in [4.78, 5) is 24.0. The lowest BCUT2D eigenvalue weighted by Crippen LogP contribution is -2.44. The van der Waals surface area contributed by atoms with Gasteiger partial charge in [0, 0.05) is 78.9 Å². The molecule has 2 N–H and O–H groups in total. The second-order valence-electron chi connectivity index (χ2n) is 9.82. The Morgan fingerprint density at radius 3 is 2.62 bits per heavy atom. The number of H-pyrrole nitrogens is 2. The van der Waals surface area contributed by atoms with Crippen LogP contribution in [0.2, 0.25) is 0 Å². The summed E-state index contributed by atoms with van der Waals surface area (Å²) in [5.41, 5.74) is 6.42. The molecule has 1 saturated heterocycles. The van der Waals surface area contributed by atoms with E-state index in [1.54, 1.807) is 6.20 Å². The predicted molar refractivity (Wildman–Crippen MR) is 146 cm³/mol. The van der Waals surface area contributed by atoms with Gasteiger partial charge in [-0.3, -0.25) is 10.1 Å². The first kappa shape index (κ1) is 23.4. The summed E-state index contributed by atoms with van der Waals surface area (Å²) in [6.45, 7) is 5.55. The smallest absolute Gasteiger partial charge is 0.155 e. The molecule has 6 heterocycles. The molecule has 0 saturated carbocycles. The predicted octanol–water partition coefficient (Wildman–Crippen LogP) is 3.26. The minimum Gasteiger partial charge on any atom is -0.491 e. The van der Waals surface area contributed by atoms with Crippen molar-refractivity contribution in [3.05, 3.63) is 49.1 Å². The van der Waals surface area contributed by atoms with Crippen molar-refractivity contribution in [3.63, 3.8) is 0 Å². The van der Waals surface area contributed by atoms with E-state index in [9.17, 15) is 0 Å². The fraction of sp³-hybridized carbons (Fsp3) is 0.333. The molecule has 1 fully saturated rings. The molecule has 5 aromatic rings. The fourth-order valence-electron chi connectivity index (χ4n) is 4.73. The van der Waals surface area contributed by atoms with Crippen LogP contribution in [0.5, 0.6) is 5.75 Å². The first-order chi connectivity index (χ1) is 18.0. The van der Waals surface area contributed by atoms with Crippen molar-refractivity contribution < 1.29 is 4.74 Å². The average Bonchev–Trinajstić information content (AvgIpc) is 3.53. The normalized spacial score (nSPS) is 14.8. The molecule has 6 rings (SSSR count). The highest BCUT2D eigenvalue weighted by atomic mass is 16.5. The van der Waals surface area contributed by atoms with Crippen LogP contribution in [0.15, 0.2) is 49.1 Å². The lowest BCUT2D eigenvalue weighted by molar-refractivity contribution is 0.261. The van der Waals surface area contributed by atoms with Crippen molar-refractivity contribution in [1.29, 1.82) is 0 Å². The molecule has 0 aliphatic carbocycles. The third kappa shape index (κ3) is 4.73. The maximum absolute atomic E-state index is 5.88. The van der Waals surface area contributed by atoms with Gasteiger partial charge in [0.25, 0.3) is 0 Å². The van der Waals surface area contributed by atoms with E-state index in [2.05, 4.69) is 70.1 Å². The van der Waals surface area contributed by atoms with Gasteiger partial charge in [-0.2, -0.15) is 5.10 Å². The Balaban J connectivity index is 1.33. The highest BCUT2D eigenvalue weighted by Gasteiger charge is 2.19. The molecule has 10 heteroatoms. The van der Waals surface area contributed by atoms with Crippen LogP contribution in [-0.4, -0.2) is 100 Å². The Morgan fingerprint density at radius 1 is 0.946 bits per heavy atom. The number of aromatic amines is 2. The Bertz CT molecular complexity index is 1530. The number of nitrogens with zero attached hydrogens (tertiary/aromatic N) is 7. The van der Waals surface area contributed by atoms with Crippen LogP contribution >= 0.6 is 0 Å². The number of rotatable bonds is 7. The molecule has 1 aliphatic rings. The van der Waals surface area contributed by atoms with Crippen LogP contribution in [0.25, 0.3) is 44.6 Å². The third-order valence-electron chi connectivity index (χ3n) is 6.88. The van der Waals surface area contributed by atoms with E-state index >= 15 is 0 Å². The number of aromatic nitrogens is 6. The Hall–Kier alpha value is -4.02. The van der Waals surface area contributed by atoms with Crippen LogP contribution in [-0.2, 0) is 0 Å². The van der Waals surface area contributed by atoms with Crippen molar-refractivity contribution in [2.75, 3.05) is 65.4 Å². The van der Waals surface area contributed by atoms with Gasteiger partial charge in [0.05, 0.1) is 11.9 Å². The zero-order valence-electron chi connectivity index (χ0n) is 21.4. The van der Waals surface area contributed by atoms with Gasteiger partial charge < -0.3 is 24.4 Å².